The van der Waals surface area contributed by atoms with Crippen molar-refractivity contribution < 1.29 is 24.2 Å². The van der Waals surface area contributed by atoms with Gasteiger partial charge in [0.1, 0.15) is 6.61 Å². The first-order valence-corrected chi connectivity index (χ1v) is 10.8. The molecular weight excluding hydrogens is 408 g/mol. The minimum Gasteiger partial charge on any atom is -0.481 e. The maximum atomic E-state index is 12.3. The molecule has 2 saturated heterocycles. The molecule has 2 aliphatic carbocycles. The molecular formula is C25H24N2O5. The number of benzene rings is 2. The molecule has 164 valence electrons. The number of ether oxygens (including phenoxy) is 1. The summed E-state index contributed by atoms with van der Waals surface area (Å²) < 4.78 is 5.47. The summed E-state index contributed by atoms with van der Waals surface area (Å²) in [5.41, 5.74) is 4.64. The third kappa shape index (κ3) is 3.43. The molecule has 7 nitrogen and oxygen atoms in total. The normalized spacial score (nSPS) is 22.9. The summed E-state index contributed by atoms with van der Waals surface area (Å²) in [6.45, 7) is 0.882. The molecule has 1 saturated carbocycles. The molecule has 0 radical (unpaired) electrons. The van der Waals surface area contributed by atoms with Crippen LogP contribution in [0.2, 0.25) is 0 Å². The van der Waals surface area contributed by atoms with Crippen molar-refractivity contribution in [3.8, 4) is 11.1 Å². The Kier molecular flexibility index (Phi) is 5.17. The Hall–Kier alpha value is -3.61. The number of hydrogen-bond donors (Lipinski definition) is 2. The first-order valence-electron chi connectivity index (χ1n) is 10.8. The Bertz CT molecular complexity index is 1070. The fourth-order valence-electron chi connectivity index (χ4n) is 5.29. The summed E-state index contributed by atoms with van der Waals surface area (Å²) in [6, 6.07) is 16.1. The van der Waals surface area contributed by atoms with E-state index in [9.17, 15) is 19.5 Å². The molecule has 6 rings (SSSR count). The van der Waals surface area contributed by atoms with Gasteiger partial charge < -0.3 is 20.1 Å². The highest BCUT2D eigenvalue weighted by Crippen LogP contribution is 2.46. The number of alkyl carbamates (subject to hydrolysis) is 1. The molecule has 2 amide bonds. The number of carboxylic acid groups (broad SMARTS) is 1. The molecule has 4 aliphatic rings. The average Bonchev–Trinajstić information content (AvgIpc) is 3.46. The lowest BCUT2D eigenvalue weighted by Gasteiger charge is -2.32. The van der Waals surface area contributed by atoms with Gasteiger partial charge in [-0.05, 0) is 34.6 Å². The molecule has 3 fully saturated rings. The van der Waals surface area contributed by atoms with Crippen LogP contribution >= 0.6 is 0 Å². The van der Waals surface area contributed by atoms with Gasteiger partial charge in [0.05, 0.1) is 5.92 Å². The Balaban J connectivity index is 1.11. The standard InChI is InChI=1S/C25H24N2O5/c28-22(27-13-15-12-21(27)23(15)24(29)30)10-5-11-26-25(31)32-14-20-18-8-3-1-6-16(18)17-7-2-4-9-19(17)20/h1-10,15,20-21,23H,11-14H2,(H,26,31)(H,29,30)/b10-5+. The van der Waals surface area contributed by atoms with Crippen LogP contribution in [0.4, 0.5) is 4.79 Å². The van der Waals surface area contributed by atoms with E-state index in [0.29, 0.717) is 6.54 Å². The third-order valence-corrected chi connectivity index (χ3v) is 6.83. The number of carboxylic acids is 1. The van der Waals surface area contributed by atoms with E-state index >= 15 is 0 Å². The first-order chi connectivity index (χ1) is 15.5. The van der Waals surface area contributed by atoms with Crippen molar-refractivity contribution in [2.45, 2.75) is 18.4 Å². The highest BCUT2D eigenvalue weighted by Gasteiger charge is 2.56. The van der Waals surface area contributed by atoms with Gasteiger partial charge in [-0.2, -0.15) is 0 Å². The van der Waals surface area contributed by atoms with Crippen LogP contribution in [0.3, 0.4) is 0 Å². The van der Waals surface area contributed by atoms with Gasteiger partial charge in [-0.25, -0.2) is 4.79 Å². The minimum absolute atomic E-state index is 0.00546. The quantitative estimate of drug-likeness (QED) is 0.684. The number of aliphatic carboxylic acids is 1. The summed E-state index contributed by atoms with van der Waals surface area (Å²) >= 11 is 0. The largest absolute Gasteiger partial charge is 0.481 e. The van der Waals surface area contributed by atoms with E-state index in [4.69, 9.17) is 4.74 Å². The van der Waals surface area contributed by atoms with E-state index in [-0.39, 0.29) is 36.9 Å². The molecule has 7 heteroatoms. The van der Waals surface area contributed by atoms with Crippen molar-refractivity contribution >= 4 is 18.0 Å². The van der Waals surface area contributed by atoms with Gasteiger partial charge in [0.15, 0.2) is 0 Å². The fraction of sp³-hybridized carbons (Fsp3) is 0.320. The second-order valence-electron chi connectivity index (χ2n) is 8.53. The van der Waals surface area contributed by atoms with Gasteiger partial charge in [-0.3, -0.25) is 9.59 Å². The number of nitrogens with zero attached hydrogens (tertiary/aromatic N) is 1. The van der Waals surface area contributed by atoms with Crippen LogP contribution in [0.1, 0.15) is 23.5 Å². The molecule has 2 aromatic rings. The van der Waals surface area contributed by atoms with Crippen molar-refractivity contribution in [2.24, 2.45) is 11.8 Å². The zero-order chi connectivity index (χ0) is 22.2. The molecule has 32 heavy (non-hydrogen) atoms. The second kappa shape index (κ2) is 8.15. The molecule has 3 unspecified atom stereocenters. The molecule has 0 aromatic heterocycles. The van der Waals surface area contributed by atoms with Crippen molar-refractivity contribution in [3.63, 3.8) is 0 Å². The van der Waals surface area contributed by atoms with Gasteiger partial charge in [-0.1, -0.05) is 54.6 Å². The van der Waals surface area contributed by atoms with E-state index < -0.39 is 18.0 Å². The molecule has 2 heterocycles. The fourth-order valence-corrected chi connectivity index (χ4v) is 5.29. The van der Waals surface area contributed by atoms with Crippen LogP contribution in [0, 0.1) is 11.8 Å². The lowest BCUT2D eigenvalue weighted by Crippen LogP contribution is -2.44. The van der Waals surface area contributed by atoms with Crippen molar-refractivity contribution in [3.05, 3.63) is 71.8 Å². The zero-order valence-electron chi connectivity index (χ0n) is 17.4. The lowest BCUT2D eigenvalue weighted by atomic mass is 9.74. The molecule has 2 aromatic carbocycles. The zero-order valence-corrected chi connectivity index (χ0v) is 17.4. The van der Waals surface area contributed by atoms with Gasteiger partial charge in [-0.15, -0.1) is 0 Å². The average molecular weight is 432 g/mol. The number of carbonyl (C=O) groups excluding carboxylic acids is 2. The number of nitrogens with one attached hydrogen (secondary N) is 1. The van der Waals surface area contributed by atoms with Crippen molar-refractivity contribution in [1.82, 2.24) is 10.2 Å². The smallest absolute Gasteiger partial charge is 0.407 e. The van der Waals surface area contributed by atoms with E-state index in [1.54, 1.807) is 11.0 Å². The first kappa shape index (κ1) is 20.3. The number of carbonyl (C=O) groups is 3. The highest BCUT2D eigenvalue weighted by atomic mass is 16.5. The topological polar surface area (TPSA) is 95.9 Å². The molecule has 3 atom stereocenters. The summed E-state index contributed by atoms with van der Waals surface area (Å²) in [5.74, 6) is -1.42. The van der Waals surface area contributed by atoms with Gasteiger partial charge in [0.2, 0.25) is 5.91 Å². The van der Waals surface area contributed by atoms with Gasteiger partial charge >= 0.3 is 12.1 Å². The summed E-state index contributed by atoms with van der Waals surface area (Å²) in [5, 5.41) is 11.8. The minimum atomic E-state index is -0.831. The lowest BCUT2D eigenvalue weighted by molar-refractivity contribution is -0.148. The summed E-state index contributed by atoms with van der Waals surface area (Å²) in [4.78, 5) is 37.3. The van der Waals surface area contributed by atoms with Crippen LogP contribution in [-0.4, -0.2) is 53.7 Å². The molecule has 0 spiro atoms. The summed E-state index contributed by atoms with van der Waals surface area (Å²) in [6.07, 6.45) is 3.17. The molecule has 2 N–H and O–H groups in total. The van der Waals surface area contributed by atoms with Crippen molar-refractivity contribution in [1.29, 1.82) is 0 Å². The van der Waals surface area contributed by atoms with E-state index in [1.165, 1.54) is 17.2 Å². The second-order valence-corrected chi connectivity index (χ2v) is 8.53. The van der Waals surface area contributed by atoms with Crippen LogP contribution in [0.25, 0.3) is 11.1 Å². The number of hydrogen-bond acceptors (Lipinski definition) is 4. The Morgan fingerprint density at radius 2 is 1.72 bits per heavy atom. The van der Waals surface area contributed by atoms with Gasteiger partial charge in [0, 0.05) is 31.1 Å². The SMILES string of the molecule is O=C(NC/C=C/C(=O)N1CC2CC1C2C(=O)O)OCC1c2ccccc2-c2ccccc21. The van der Waals surface area contributed by atoms with Crippen LogP contribution in [-0.2, 0) is 14.3 Å². The van der Waals surface area contributed by atoms with Crippen LogP contribution in [0.5, 0.6) is 0 Å². The van der Waals surface area contributed by atoms with Crippen molar-refractivity contribution in [2.75, 3.05) is 19.7 Å². The van der Waals surface area contributed by atoms with Gasteiger partial charge in [0.25, 0.3) is 0 Å². The summed E-state index contributed by atoms with van der Waals surface area (Å²) in [7, 11) is 0. The Labute approximate surface area is 185 Å². The predicted octanol–water partition coefficient (Wildman–Crippen LogP) is 3.01. The Morgan fingerprint density at radius 3 is 2.34 bits per heavy atom. The number of amides is 2. The highest BCUT2D eigenvalue weighted by molar-refractivity contribution is 5.89. The number of fused-ring (bicyclic) bond motifs is 4. The van der Waals surface area contributed by atoms with E-state index in [2.05, 4.69) is 29.6 Å². The maximum Gasteiger partial charge on any atom is 0.407 e. The van der Waals surface area contributed by atoms with E-state index in [1.807, 2.05) is 24.3 Å². The molecule has 2 bridgehead atoms. The van der Waals surface area contributed by atoms with Crippen LogP contribution in [0.15, 0.2) is 60.7 Å². The van der Waals surface area contributed by atoms with Crippen LogP contribution < -0.4 is 5.32 Å². The molecule has 2 aliphatic heterocycles. The van der Waals surface area contributed by atoms with E-state index in [0.717, 1.165) is 17.5 Å². The third-order valence-electron chi connectivity index (χ3n) is 6.83. The predicted molar refractivity (Wildman–Crippen MR) is 117 cm³/mol. The number of rotatable bonds is 6. The maximum absolute atomic E-state index is 12.3. The monoisotopic (exact) mass is 432 g/mol. The Morgan fingerprint density at radius 1 is 1.06 bits per heavy atom.